The fourth-order valence-corrected chi connectivity index (χ4v) is 3.30. The number of benzene rings is 1. The second-order valence-corrected chi connectivity index (χ2v) is 5.38. The van der Waals surface area contributed by atoms with Crippen molar-refractivity contribution >= 4 is 21.9 Å². The van der Waals surface area contributed by atoms with Crippen molar-refractivity contribution in [2.45, 2.75) is 19.4 Å². The second kappa shape index (κ2) is 3.97. The van der Waals surface area contributed by atoms with Gasteiger partial charge in [0, 0.05) is 11.4 Å². The van der Waals surface area contributed by atoms with Crippen LogP contribution >= 0.6 is 0 Å². The van der Waals surface area contributed by atoms with Crippen LogP contribution in [-0.2, 0) is 6.42 Å². The normalized spacial score (nSPS) is 16.8. The average molecular weight is 283 g/mol. The van der Waals surface area contributed by atoms with E-state index in [0.29, 0.717) is 11.0 Å². The monoisotopic (exact) mass is 283 g/mol. The SMILES string of the molecule is COc1cc(=O)oc2c1c(=O)n1c3c(cccc23)CC1C. The quantitative estimate of drug-likeness (QED) is 0.642. The molecule has 0 bridgehead atoms. The van der Waals surface area contributed by atoms with Gasteiger partial charge >= 0.3 is 5.63 Å². The smallest absolute Gasteiger partial charge is 0.339 e. The fraction of sp³-hybridized carbons (Fsp3) is 0.250. The van der Waals surface area contributed by atoms with Gasteiger partial charge in [0.25, 0.3) is 5.56 Å². The molecule has 0 aliphatic carbocycles. The number of hydrogen-bond acceptors (Lipinski definition) is 4. The van der Waals surface area contributed by atoms with Crippen molar-refractivity contribution in [2.24, 2.45) is 0 Å². The number of pyridine rings is 1. The average Bonchev–Trinajstić information content (AvgIpc) is 2.80. The van der Waals surface area contributed by atoms with Crippen molar-refractivity contribution in [3.05, 3.63) is 50.6 Å². The standard InChI is InChI=1S/C16H13NO4/c1-8-6-9-4-3-5-10-14(9)17(8)16(19)13-11(20-2)7-12(18)21-15(10)13/h3-5,7-8H,6H2,1-2H3. The Balaban J connectivity index is 2.39. The summed E-state index contributed by atoms with van der Waals surface area (Å²) < 4.78 is 12.3. The molecule has 21 heavy (non-hydrogen) atoms. The van der Waals surface area contributed by atoms with Gasteiger partial charge in [-0.1, -0.05) is 12.1 Å². The Labute approximate surface area is 119 Å². The lowest BCUT2D eigenvalue weighted by molar-refractivity contribution is 0.412. The lowest BCUT2D eigenvalue weighted by atomic mass is 10.1. The van der Waals surface area contributed by atoms with Crippen molar-refractivity contribution < 1.29 is 9.15 Å². The third-order valence-corrected chi connectivity index (χ3v) is 4.14. The molecule has 2 aromatic heterocycles. The van der Waals surface area contributed by atoms with Gasteiger partial charge in [0.2, 0.25) is 0 Å². The summed E-state index contributed by atoms with van der Waals surface area (Å²) in [6.07, 6.45) is 0.801. The number of rotatable bonds is 1. The molecule has 1 aliphatic heterocycles. The Bertz CT molecular complexity index is 1010. The maximum absolute atomic E-state index is 12.8. The minimum atomic E-state index is -0.518. The molecule has 5 heteroatoms. The molecule has 1 atom stereocenters. The molecule has 1 aliphatic rings. The molecule has 0 N–H and O–H groups in total. The molecule has 106 valence electrons. The van der Waals surface area contributed by atoms with Crippen molar-refractivity contribution in [1.82, 2.24) is 4.57 Å². The summed E-state index contributed by atoms with van der Waals surface area (Å²) in [6, 6.07) is 7.09. The summed E-state index contributed by atoms with van der Waals surface area (Å²) in [7, 11) is 1.45. The first-order valence-corrected chi connectivity index (χ1v) is 6.79. The van der Waals surface area contributed by atoms with E-state index in [4.69, 9.17) is 9.15 Å². The summed E-state index contributed by atoms with van der Waals surface area (Å²) in [6.45, 7) is 2.01. The number of fused-ring (bicyclic) bond motifs is 2. The highest BCUT2D eigenvalue weighted by molar-refractivity contribution is 6.05. The van der Waals surface area contributed by atoms with Crippen LogP contribution in [-0.4, -0.2) is 11.7 Å². The Morgan fingerprint density at radius 2 is 2.14 bits per heavy atom. The predicted molar refractivity (Wildman–Crippen MR) is 79.2 cm³/mol. The molecule has 1 unspecified atom stereocenters. The molecule has 0 amide bonds. The topological polar surface area (TPSA) is 61.4 Å². The first kappa shape index (κ1) is 12.2. The van der Waals surface area contributed by atoms with E-state index in [0.717, 1.165) is 22.9 Å². The number of para-hydroxylation sites is 1. The van der Waals surface area contributed by atoms with Crippen LogP contribution in [0.3, 0.4) is 0 Å². The molecule has 0 saturated carbocycles. The minimum Gasteiger partial charge on any atom is -0.495 e. The molecule has 4 rings (SSSR count). The summed E-state index contributed by atoms with van der Waals surface area (Å²) >= 11 is 0. The molecule has 0 radical (unpaired) electrons. The van der Waals surface area contributed by atoms with Crippen LogP contribution in [0.5, 0.6) is 5.75 Å². The summed E-state index contributed by atoms with van der Waals surface area (Å²) in [4.78, 5) is 24.5. The predicted octanol–water partition coefficient (Wildman–Crippen LogP) is 2.23. The number of methoxy groups -OCH3 is 1. The highest BCUT2D eigenvalue weighted by Gasteiger charge is 2.26. The van der Waals surface area contributed by atoms with Crippen LogP contribution in [0.1, 0.15) is 18.5 Å². The summed E-state index contributed by atoms with van der Waals surface area (Å²) in [5.41, 5.74) is 1.58. The zero-order valence-corrected chi connectivity index (χ0v) is 11.7. The van der Waals surface area contributed by atoms with Crippen LogP contribution in [0.15, 0.2) is 38.3 Å². The molecule has 0 fully saturated rings. The number of ether oxygens (including phenoxy) is 1. The van der Waals surface area contributed by atoms with Gasteiger partial charge in [0.1, 0.15) is 11.1 Å². The molecular weight excluding hydrogens is 270 g/mol. The van der Waals surface area contributed by atoms with E-state index in [2.05, 4.69) is 0 Å². The van der Waals surface area contributed by atoms with Gasteiger partial charge in [0.05, 0.1) is 18.7 Å². The Morgan fingerprint density at radius 3 is 2.90 bits per heavy atom. The maximum Gasteiger partial charge on any atom is 0.339 e. The van der Waals surface area contributed by atoms with Gasteiger partial charge in [-0.15, -0.1) is 0 Å². The van der Waals surface area contributed by atoms with Crippen molar-refractivity contribution in [3.63, 3.8) is 0 Å². The molecule has 0 saturated heterocycles. The highest BCUT2D eigenvalue weighted by atomic mass is 16.5. The van der Waals surface area contributed by atoms with Gasteiger partial charge in [-0.3, -0.25) is 4.79 Å². The van der Waals surface area contributed by atoms with E-state index >= 15 is 0 Å². The zero-order valence-electron chi connectivity index (χ0n) is 11.7. The Kier molecular flexibility index (Phi) is 2.31. The number of nitrogens with zero attached hydrogens (tertiary/aromatic N) is 1. The van der Waals surface area contributed by atoms with Crippen molar-refractivity contribution in [2.75, 3.05) is 7.11 Å². The molecule has 3 aromatic rings. The van der Waals surface area contributed by atoms with Gasteiger partial charge in [-0.2, -0.15) is 0 Å². The van der Waals surface area contributed by atoms with Gasteiger partial charge in [-0.05, 0) is 25.0 Å². The first-order chi connectivity index (χ1) is 10.1. The molecule has 5 nitrogen and oxygen atoms in total. The number of aromatic nitrogens is 1. The van der Waals surface area contributed by atoms with E-state index in [1.807, 2.05) is 25.1 Å². The lowest BCUT2D eigenvalue weighted by Crippen LogP contribution is -2.22. The van der Waals surface area contributed by atoms with Crippen LogP contribution in [0.2, 0.25) is 0 Å². The Hall–Kier alpha value is -2.56. The highest BCUT2D eigenvalue weighted by Crippen LogP contribution is 2.35. The summed E-state index contributed by atoms with van der Waals surface area (Å²) in [5, 5.41) is 1.11. The number of hydrogen-bond donors (Lipinski definition) is 0. The van der Waals surface area contributed by atoms with Crippen LogP contribution < -0.4 is 15.9 Å². The van der Waals surface area contributed by atoms with E-state index in [1.165, 1.54) is 13.2 Å². The molecular formula is C16H13NO4. The van der Waals surface area contributed by atoms with Crippen LogP contribution in [0.25, 0.3) is 21.9 Å². The lowest BCUT2D eigenvalue weighted by Gasteiger charge is -2.12. The largest absolute Gasteiger partial charge is 0.495 e. The molecule has 1 aromatic carbocycles. The fourth-order valence-electron chi connectivity index (χ4n) is 3.30. The third-order valence-electron chi connectivity index (χ3n) is 4.14. The van der Waals surface area contributed by atoms with Crippen LogP contribution in [0.4, 0.5) is 0 Å². The zero-order chi connectivity index (χ0) is 14.7. The van der Waals surface area contributed by atoms with Gasteiger partial charge in [0.15, 0.2) is 5.58 Å². The van der Waals surface area contributed by atoms with E-state index in [-0.39, 0.29) is 17.4 Å². The summed E-state index contributed by atoms with van der Waals surface area (Å²) in [5.74, 6) is 0.265. The van der Waals surface area contributed by atoms with E-state index in [1.54, 1.807) is 4.57 Å². The van der Waals surface area contributed by atoms with E-state index in [9.17, 15) is 9.59 Å². The molecule has 0 spiro atoms. The van der Waals surface area contributed by atoms with Gasteiger partial charge < -0.3 is 13.7 Å². The van der Waals surface area contributed by atoms with Crippen LogP contribution in [0, 0.1) is 0 Å². The Morgan fingerprint density at radius 1 is 1.33 bits per heavy atom. The maximum atomic E-state index is 12.8. The van der Waals surface area contributed by atoms with Crippen molar-refractivity contribution in [1.29, 1.82) is 0 Å². The van der Waals surface area contributed by atoms with Crippen molar-refractivity contribution in [3.8, 4) is 5.75 Å². The minimum absolute atomic E-state index is 0.0819. The first-order valence-electron chi connectivity index (χ1n) is 6.79. The second-order valence-electron chi connectivity index (χ2n) is 5.38. The van der Waals surface area contributed by atoms with E-state index < -0.39 is 5.63 Å². The third kappa shape index (κ3) is 1.46. The molecule has 3 heterocycles. The van der Waals surface area contributed by atoms with Gasteiger partial charge in [-0.25, -0.2) is 4.79 Å².